The van der Waals surface area contributed by atoms with E-state index in [2.05, 4.69) is 13.8 Å². The molecule has 0 aromatic heterocycles. The molecule has 0 rings (SSSR count). The van der Waals surface area contributed by atoms with E-state index in [1.807, 2.05) is 4.90 Å². The van der Waals surface area contributed by atoms with Gasteiger partial charge in [-0.25, -0.2) is 0 Å². The molecule has 0 aliphatic rings. The molecule has 0 aliphatic carbocycles. The number of carbonyl (C=O) groups excluding carboxylic acids is 1. The average Bonchev–Trinajstić information content (AvgIpc) is 2.26. The van der Waals surface area contributed by atoms with E-state index in [0.29, 0.717) is 0 Å². The summed E-state index contributed by atoms with van der Waals surface area (Å²) < 4.78 is 0. The maximum absolute atomic E-state index is 11.2. The monoisotopic (exact) mass is 308 g/mol. The number of carbonyl (C=O) groups is 1. The molecule has 0 N–H and O–H groups in total. The molecule has 0 saturated carbocycles. The molecule has 0 aromatic rings. The Kier molecular flexibility index (Phi) is 16.6. The Balaban J connectivity index is 0. The van der Waals surface area contributed by atoms with Crippen LogP contribution in [-0.4, -0.2) is 23.2 Å². The summed E-state index contributed by atoms with van der Waals surface area (Å²) in [6.07, 6.45) is 9.62. The molecule has 17 heavy (non-hydrogen) atoms. The van der Waals surface area contributed by atoms with Crippen LogP contribution in [0.25, 0.3) is 0 Å². The second-order valence-corrected chi connectivity index (χ2v) is 4.72. The van der Waals surface area contributed by atoms with Gasteiger partial charge in [0.15, 0.2) is 0 Å². The minimum atomic E-state index is -0.173. The zero-order valence-electron chi connectivity index (χ0n) is 11.5. The largest absolute Gasteiger partial charge is 0.719 e. The predicted molar refractivity (Wildman–Crippen MR) is 72.6 cm³/mol. The first-order valence-corrected chi connectivity index (χ1v) is 7.09. The fourth-order valence-corrected chi connectivity index (χ4v) is 1.94. The molecule has 0 unspecified atom stereocenters. The van der Waals surface area contributed by atoms with Gasteiger partial charge in [0.25, 0.3) is 0 Å². The van der Waals surface area contributed by atoms with Gasteiger partial charge in [-0.15, -0.1) is 0 Å². The van der Waals surface area contributed by atoms with Gasteiger partial charge in [-0.3, -0.25) is 0 Å². The van der Waals surface area contributed by atoms with Crippen molar-refractivity contribution >= 4 is 17.9 Å². The van der Waals surface area contributed by atoms with E-state index in [-0.39, 0.29) is 24.7 Å². The Labute approximate surface area is 125 Å². The van der Waals surface area contributed by atoms with Crippen LogP contribution in [0.5, 0.6) is 0 Å². The van der Waals surface area contributed by atoms with E-state index >= 15 is 0 Å². The molecule has 4 heteroatoms. The summed E-state index contributed by atoms with van der Waals surface area (Å²) in [4.78, 5) is 13.0. The number of hydrogen-bond acceptors (Lipinski definition) is 2. The van der Waals surface area contributed by atoms with Gasteiger partial charge in [0.05, 0.1) is 0 Å². The summed E-state index contributed by atoms with van der Waals surface area (Å²) in [7, 11) is 0. The number of rotatable bonds is 10. The maximum atomic E-state index is 11.2. The van der Waals surface area contributed by atoms with Crippen molar-refractivity contribution in [1.82, 2.24) is 4.90 Å². The van der Waals surface area contributed by atoms with Crippen molar-refractivity contribution in [3.8, 4) is 0 Å². The molecule has 98 valence electrons. The molecule has 0 heterocycles. The van der Waals surface area contributed by atoms with Crippen LogP contribution < -0.4 is 0 Å². The topological polar surface area (TPSA) is 20.3 Å². The average molecular weight is 310 g/mol. The SMILES string of the molecule is CCCCCCN(CCCCCC)C(=O)[S-].[Zn]. The van der Waals surface area contributed by atoms with Crippen LogP contribution in [0.1, 0.15) is 65.2 Å². The van der Waals surface area contributed by atoms with Gasteiger partial charge in [-0.1, -0.05) is 52.4 Å². The first kappa shape index (κ1) is 19.6. The van der Waals surface area contributed by atoms with Crippen LogP contribution in [0.4, 0.5) is 4.79 Å². The molecule has 0 fully saturated rings. The summed E-state index contributed by atoms with van der Waals surface area (Å²) in [6, 6.07) is 0. The molecule has 2 nitrogen and oxygen atoms in total. The molecular formula is C13H26NOSZn-. The third kappa shape index (κ3) is 12.6. The van der Waals surface area contributed by atoms with Gasteiger partial charge < -0.3 is 22.3 Å². The molecule has 0 bridgehead atoms. The third-order valence-corrected chi connectivity index (χ3v) is 3.08. The van der Waals surface area contributed by atoms with Crippen LogP contribution in [-0.2, 0) is 32.1 Å². The Morgan fingerprint density at radius 2 is 1.29 bits per heavy atom. The van der Waals surface area contributed by atoms with Crippen molar-refractivity contribution < 1.29 is 24.3 Å². The molecule has 0 radical (unpaired) electrons. The number of unbranched alkanes of at least 4 members (excludes halogenated alkanes) is 6. The Bertz CT molecular complexity index is 167. The van der Waals surface area contributed by atoms with Gasteiger partial charge in [0.2, 0.25) is 0 Å². The fraction of sp³-hybridized carbons (Fsp3) is 0.923. The summed E-state index contributed by atoms with van der Waals surface area (Å²) >= 11 is 4.74. The number of amides is 1. The Morgan fingerprint density at radius 1 is 0.882 bits per heavy atom. The zero-order chi connectivity index (χ0) is 12.2. The van der Waals surface area contributed by atoms with E-state index in [1.54, 1.807) is 0 Å². The molecule has 0 atom stereocenters. The van der Waals surface area contributed by atoms with Crippen molar-refractivity contribution in [1.29, 1.82) is 0 Å². The summed E-state index contributed by atoms with van der Waals surface area (Å²) in [5, 5.41) is -0.173. The van der Waals surface area contributed by atoms with Crippen LogP contribution in [0.3, 0.4) is 0 Å². The normalized spacial score (nSPS) is 9.76. The maximum Gasteiger partial charge on any atom is 0.101 e. The van der Waals surface area contributed by atoms with Gasteiger partial charge in [0, 0.05) is 32.6 Å². The molecule has 0 aromatic carbocycles. The van der Waals surface area contributed by atoms with Crippen molar-refractivity contribution in [3.63, 3.8) is 0 Å². The predicted octanol–water partition coefficient (Wildman–Crippen LogP) is 4.11. The van der Waals surface area contributed by atoms with Crippen LogP contribution >= 0.6 is 0 Å². The number of nitrogens with zero attached hydrogens (tertiary/aromatic N) is 1. The molecule has 0 aliphatic heterocycles. The minimum Gasteiger partial charge on any atom is -0.719 e. The fourth-order valence-electron chi connectivity index (χ4n) is 1.75. The Morgan fingerprint density at radius 3 is 1.59 bits per heavy atom. The van der Waals surface area contributed by atoms with Crippen molar-refractivity contribution in [3.05, 3.63) is 0 Å². The second kappa shape index (κ2) is 14.4. The van der Waals surface area contributed by atoms with Crippen LogP contribution in [0, 0.1) is 0 Å². The number of hydrogen-bond donors (Lipinski definition) is 0. The third-order valence-electron chi connectivity index (χ3n) is 2.82. The first-order chi connectivity index (χ1) is 7.72. The first-order valence-electron chi connectivity index (χ1n) is 6.68. The molecular weight excluding hydrogens is 284 g/mol. The summed E-state index contributed by atoms with van der Waals surface area (Å²) in [5.74, 6) is 0. The molecule has 0 saturated heterocycles. The van der Waals surface area contributed by atoms with Crippen LogP contribution in [0.2, 0.25) is 0 Å². The van der Waals surface area contributed by atoms with E-state index in [0.717, 1.165) is 25.9 Å². The zero-order valence-corrected chi connectivity index (χ0v) is 15.3. The van der Waals surface area contributed by atoms with Gasteiger partial charge in [0.1, 0.15) is 5.24 Å². The van der Waals surface area contributed by atoms with Gasteiger partial charge in [-0.05, 0) is 12.8 Å². The van der Waals surface area contributed by atoms with Crippen molar-refractivity contribution in [2.24, 2.45) is 0 Å². The minimum absolute atomic E-state index is 0. The van der Waals surface area contributed by atoms with Crippen molar-refractivity contribution in [2.75, 3.05) is 13.1 Å². The Hall–Kier alpha value is 0.313. The quantitative estimate of drug-likeness (QED) is 0.344. The van der Waals surface area contributed by atoms with E-state index < -0.39 is 0 Å². The standard InChI is InChI=1S/C13H27NOS.Zn/c1-3-5-7-9-11-14(13(15)16)12-10-8-6-4-2;/h3-12H2,1-2H3,(H,15,16);/p-1. The van der Waals surface area contributed by atoms with E-state index in [4.69, 9.17) is 12.6 Å². The van der Waals surface area contributed by atoms with Crippen molar-refractivity contribution in [2.45, 2.75) is 65.2 Å². The van der Waals surface area contributed by atoms with Gasteiger partial charge in [-0.2, -0.15) is 0 Å². The summed E-state index contributed by atoms with van der Waals surface area (Å²) in [6.45, 7) is 6.10. The smallest absolute Gasteiger partial charge is 0.101 e. The van der Waals surface area contributed by atoms with E-state index in [1.165, 1.54) is 38.5 Å². The summed E-state index contributed by atoms with van der Waals surface area (Å²) in [5.41, 5.74) is 0. The second-order valence-electron chi connectivity index (χ2n) is 4.37. The molecule has 0 spiro atoms. The van der Waals surface area contributed by atoms with Crippen LogP contribution in [0.15, 0.2) is 0 Å². The molecule has 1 amide bonds. The van der Waals surface area contributed by atoms with E-state index in [9.17, 15) is 4.79 Å². The van der Waals surface area contributed by atoms with Gasteiger partial charge >= 0.3 is 0 Å².